The Morgan fingerprint density at radius 2 is 1.68 bits per heavy atom. The molecular weight excluding hydrogens is 280 g/mol. The van der Waals surface area contributed by atoms with Gasteiger partial charge in [-0.2, -0.15) is 0 Å². The summed E-state index contributed by atoms with van der Waals surface area (Å²) in [6.07, 6.45) is 0. The largest absolute Gasteiger partial charge is 0.501 e. The maximum absolute atomic E-state index is 11.5. The lowest BCUT2D eigenvalue weighted by atomic mass is 10.1. The minimum Gasteiger partial charge on any atom is -0.465 e. The molecule has 9 heteroatoms. The third-order valence-corrected chi connectivity index (χ3v) is 3.01. The first kappa shape index (κ1) is 13.1. The number of esters is 2. The van der Waals surface area contributed by atoms with Crippen LogP contribution in [0.3, 0.4) is 0 Å². The van der Waals surface area contributed by atoms with E-state index >= 15 is 0 Å². The van der Waals surface area contributed by atoms with Gasteiger partial charge in [0, 0.05) is 6.07 Å². The summed E-state index contributed by atoms with van der Waals surface area (Å²) < 4.78 is 40.3. The predicted octanol–water partition coefficient (Wildman–Crippen LogP) is 0.276. The molecule has 1 heterocycles. The van der Waals surface area contributed by atoms with Gasteiger partial charge in [-0.3, -0.25) is 0 Å². The molecule has 2 rings (SSSR count). The summed E-state index contributed by atoms with van der Waals surface area (Å²) in [7, 11) is -2.04. The highest BCUT2D eigenvalue weighted by atomic mass is 32.3. The Balaban J connectivity index is 2.63. The fourth-order valence-corrected chi connectivity index (χ4v) is 2.23. The lowest BCUT2D eigenvalue weighted by Gasteiger charge is -2.05. The van der Waals surface area contributed by atoms with Gasteiger partial charge in [-0.1, -0.05) is 0 Å². The molecule has 0 spiro atoms. The van der Waals surface area contributed by atoms with Crippen LogP contribution in [0.15, 0.2) is 12.1 Å². The first-order valence-electron chi connectivity index (χ1n) is 4.86. The van der Waals surface area contributed by atoms with Gasteiger partial charge >= 0.3 is 22.3 Å². The summed E-state index contributed by atoms with van der Waals surface area (Å²) >= 11 is 0. The molecule has 0 fully saturated rings. The molecule has 102 valence electrons. The van der Waals surface area contributed by atoms with Crippen molar-refractivity contribution in [2.24, 2.45) is 0 Å². The standard InChI is InChI=1S/C10H8O8S/c1-15-9(11)5-3-6(10(12)16-2)8-7(4-5)17-19(13,14)18-8/h3-4H,1-2H3. The molecule has 0 aliphatic carbocycles. The number of carbonyl (C=O) groups is 2. The third-order valence-electron chi connectivity index (χ3n) is 2.26. The van der Waals surface area contributed by atoms with Crippen molar-refractivity contribution >= 4 is 22.3 Å². The first-order chi connectivity index (χ1) is 8.88. The summed E-state index contributed by atoms with van der Waals surface area (Å²) in [5, 5.41) is 0. The molecule has 8 nitrogen and oxygen atoms in total. The number of hydrogen-bond acceptors (Lipinski definition) is 8. The molecule has 0 atom stereocenters. The van der Waals surface area contributed by atoms with Crippen molar-refractivity contribution in [2.45, 2.75) is 0 Å². The minimum atomic E-state index is -4.28. The highest BCUT2D eigenvalue weighted by molar-refractivity contribution is 7.82. The van der Waals surface area contributed by atoms with Crippen molar-refractivity contribution in [1.29, 1.82) is 0 Å². The topological polar surface area (TPSA) is 105 Å². The minimum absolute atomic E-state index is 0.0673. The molecule has 0 saturated carbocycles. The van der Waals surface area contributed by atoms with Gasteiger partial charge < -0.3 is 17.8 Å². The zero-order chi connectivity index (χ0) is 14.2. The van der Waals surface area contributed by atoms with Gasteiger partial charge in [-0.05, 0) is 6.07 Å². The molecule has 0 bridgehead atoms. The highest BCUT2D eigenvalue weighted by Gasteiger charge is 2.35. The number of carbonyl (C=O) groups excluding carboxylic acids is 2. The van der Waals surface area contributed by atoms with E-state index in [1.54, 1.807) is 0 Å². The van der Waals surface area contributed by atoms with Crippen LogP contribution in [-0.4, -0.2) is 34.6 Å². The lowest BCUT2D eigenvalue weighted by Crippen LogP contribution is -2.09. The zero-order valence-corrected chi connectivity index (χ0v) is 10.6. The van der Waals surface area contributed by atoms with Crippen LogP contribution in [0.4, 0.5) is 0 Å². The number of hydrogen-bond donors (Lipinski definition) is 0. The predicted molar refractivity (Wildman–Crippen MR) is 59.3 cm³/mol. The van der Waals surface area contributed by atoms with Crippen molar-refractivity contribution in [2.75, 3.05) is 14.2 Å². The molecule has 0 saturated heterocycles. The monoisotopic (exact) mass is 288 g/mol. The Morgan fingerprint density at radius 3 is 2.26 bits per heavy atom. The molecule has 1 aliphatic heterocycles. The number of fused-ring (bicyclic) bond motifs is 1. The number of benzene rings is 1. The van der Waals surface area contributed by atoms with Crippen LogP contribution in [0.25, 0.3) is 0 Å². The van der Waals surface area contributed by atoms with Crippen LogP contribution < -0.4 is 8.37 Å². The van der Waals surface area contributed by atoms with Crippen molar-refractivity contribution in [1.82, 2.24) is 0 Å². The van der Waals surface area contributed by atoms with Crippen LogP contribution in [0.5, 0.6) is 11.5 Å². The average molecular weight is 288 g/mol. The normalized spacial score (nSPS) is 14.8. The van der Waals surface area contributed by atoms with E-state index in [0.29, 0.717) is 0 Å². The Kier molecular flexibility index (Phi) is 3.06. The Morgan fingerprint density at radius 1 is 1.05 bits per heavy atom. The summed E-state index contributed by atoms with van der Waals surface area (Å²) in [6.45, 7) is 0. The third kappa shape index (κ3) is 2.32. The Bertz CT molecular complexity index is 660. The van der Waals surface area contributed by atoms with Gasteiger partial charge in [0.2, 0.25) is 5.75 Å². The van der Waals surface area contributed by atoms with Gasteiger partial charge in [0.25, 0.3) is 0 Å². The number of methoxy groups -OCH3 is 2. The second-order valence-electron chi connectivity index (χ2n) is 3.41. The second kappa shape index (κ2) is 4.43. The van der Waals surface area contributed by atoms with Crippen LogP contribution in [0, 0.1) is 0 Å². The summed E-state index contributed by atoms with van der Waals surface area (Å²) in [4.78, 5) is 23.0. The van der Waals surface area contributed by atoms with E-state index in [0.717, 1.165) is 26.4 Å². The molecule has 0 unspecified atom stereocenters. The number of ether oxygens (including phenoxy) is 2. The second-order valence-corrected chi connectivity index (χ2v) is 4.56. The van der Waals surface area contributed by atoms with Gasteiger partial charge in [-0.25, -0.2) is 9.59 Å². The summed E-state index contributed by atoms with van der Waals surface area (Å²) in [5.74, 6) is -2.23. The van der Waals surface area contributed by atoms with Gasteiger partial charge in [0.05, 0.1) is 19.8 Å². The van der Waals surface area contributed by atoms with E-state index in [-0.39, 0.29) is 22.6 Å². The Labute approximate surface area is 108 Å². The molecule has 1 aliphatic rings. The molecule has 0 N–H and O–H groups in total. The van der Waals surface area contributed by atoms with Crippen LogP contribution in [0.1, 0.15) is 20.7 Å². The molecule has 0 aromatic heterocycles. The van der Waals surface area contributed by atoms with Crippen molar-refractivity contribution < 1.29 is 35.8 Å². The highest BCUT2D eigenvalue weighted by Crippen LogP contribution is 2.40. The molecule has 1 aromatic carbocycles. The van der Waals surface area contributed by atoms with Crippen LogP contribution in [0.2, 0.25) is 0 Å². The molecule has 0 radical (unpaired) electrons. The lowest BCUT2D eigenvalue weighted by molar-refractivity contribution is 0.0598. The van der Waals surface area contributed by atoms with E-state index in [1.165, 1.54) is 0 Å². The van der Waals surface area contributed by atoms with E-state index in [9.17, 15) is 18.0 Å². The van der Waals surface area contributed by atoms with E-state index < -0.39 is 22.3 Å². The Hall–Kier alpha value is -2.29. The van der Waals surface area contributed by atoms with Crippen molar-refractivity contribution in [3.8, 4) is 11.5 Å². The molecular formula is C10H8O8S. The first-order valence-corrected chi connectivity index (χ1v) is 6.20. The molecule has 1 aromatic rings. The number of rotatable bonds is 2. The molecule has 0 amide bonds. The van der Waals surface area contributed by atoms with Crippen LogP contribution in [-0.2, 0) is 19.9 Å². The maximum atomic E-state index is 11.5. The van der Waals surface area contributed by atoms with E-state index in [1.807, 2.05) is 0 Å². The summed E-state index contributed by atoms with van der Waals surface area (Å²) in [6, 6.07) is 2.19. The average Bonchev–Trinajstić information content (AvgIpc) is 2.69. The zero-order valence-electron chi connectivity index (χ0n) is 9.83. The fourth-order valence-electron chi connectivity index (χ4n) is 1.48. The fraction of sp³-hybridized carbons (Fsp3) is 0.200. The smallest absolute Gasteiger partial charge is 0.465 e. The SMILES string of the molecule is COC(=O)c1cc2c(c(C(=O)OC)c1)OS(=O)(=O)O2. The molecule has 19 heavy (non-hydrogen) atoms. The van der Waals surface area contributed by atoms with E-state index in [2.05, 4.69) is 17.8 Å². The van der Waals surface area contributed by atoms with E-state index in [4.69, 9.17) is 0 Å². The maximum Gasteiger partial charge on any atom is 0.501 e. The van der Waals surface area contributed by atoms with Crippen LogP contribution >= 0.6 is 0 Å². The van der Waals surface area contributed by atoms with Crippen molar-refractivity contribution in [3.63, 3.8) is 0 Å². The quantitative estimate of drug-likeness (QED) is 0.714. The van der Waals surface area contributed by atoms with Crippen molar-refractivity contribution in [3.05, 3.63) is 23.3 Å². The van der Waals surface area contributed by atoms with Gasteiger partial charge in [0.15, 0.2) is 5.75 Å². The summed E-state index contributed by atoms with van der Waals surface area (Å²) in [5.41, 5.74) is -0.316. The van der Waals surface area contributed by atoms with Gasteiger partial charge in [-0.15, -0.1) is 8.42 Å². The van der Waals surface area contributed by atoms with Gasteiger partial charge in [0.1, 0.15) is 5.56 Å².